The van der Waals surface area contributed by atoms with Crippen LogP contribution in [0.15, 0.2) is 12.1 Å². The van der Waals surface area contributed by atoms with E-state index in [1.54, 1.807) is 6.92 Å². The third-order valence-electron chi connectivity index (χ3n) is 1.87. The maximum atomic E-state index is 11.2. The van der Waals surface area contributed by atoms with Crippen LogP contribution in [-0.2, 0) is 4.74 Å². The minimum Gasteiger partial charge on any atom is -0.507 e. The number of carbonyl (C=O) groups is 1. The Morgan fingerprint density at radius 3 is 2.71 bits per heavy atom. The third kappa shape index (κ3) is 1.67. The van der Waals surface area contributed by atoms with Crippen molar-refractivity contribution in [1.29, 1.82) is 5.26 Å². The molecule has 4 heteroatoms. The van der Waals surface area contributed by atoms with Crippen molar-refractivity contribution < 1.29 is 14.6 Å². The molecule has 0 saturated carbocycles. The van der Waals surface area contributed by atoms with Crippen LogP contribution in [0.2, 0.25) is 0 Å². The monoisotopic (exact) mass is 191 g/mol. The average molecular weight is 191 g/mol. The van der Waals surface area contributed by atoms with Gasteiger partial charge in [0.2, 0.25) is 0 Å². The molecule has 4 nitrogen and oxygen atoms in total. The molecule has 72 valence electrons. The number of nitriles is 1. The van der Waals surface area contributed by atoms with Gasteiger partial charge in [-0.05, 0) is 24.6 Å². The molecule has 0 unspecified atom stereocenters. The van der Waals surface area contributed by atoms with Crippen LogP contribution in [0.5, 0.6) is 5.75 Å². The summed E-state index contributed by atoms with van der Waals surface area (Å²) < 4.78 is 4.51. The summed E-state index contributed by atoms with van der Waals surface area (Å²) in [6, 6.07) is 4.50. The zero-order valence-electron chi connectivity index (χ0n) is 7.87. The van der Waals surface area contributed by atoms with E-state index in [0.29, 0.717) is 5.56 Å². The van der Waals surface area contributed by atoms with Crippen molar-refractivity contribution in [3.05, 3.63) is 28.8 Å². The summed E-state index contributed by atoms with van der Waals surface area (Å²) in [6.07, 6.45) is 0. The molecule has 1 rings (SSSR count). The van der Waals surface area contributed by atoms with Crippen molar-refractivity contribution >= 4 is 5.97 Å². The number of nitrogens with zero attached hydrogens (tertiary/aromatic N) is 1. The summed E-state index contributed by atoms with van der Waals surface area (Å²) in [7, 11) is 1.26. The number of aromatic hydroxyl groups is 1. The molecule has 1 aromatic carbocycles. The molecule has 0 heterocycles. The average Bonchev–Trinajstić information content (AvgIpc) is 2.19. The summed E-state index contributed by atoms with van der Waals surface area (Å²) in [5.74, 6) is -0.735. The molecular weight excluding hydrogens is 182 g/mol. The number of phenolic OH excluding ortho intramolecular Hbond substituents is 1. The van der Waals surface area contributed by atoms with Gasteiger partial charge in [0.25, 0.3) is 0 Å². The number of hydrogen-bond acceptors (Lipinski definition) is 4. The molecule has 1 N–H and O–H groups in total. The highest BCUT2D eigenvalue weighted by molar-refractivity contribution is 5.91. The minimum absolute atomic E-state index is 0.148. The Morgan fingerprint density at radius 2 is 2.21 bits per heavy atom. The van der Waals surface area contributed by atoms with Crippen LogP contribution < -0.4 is 0 Å². The molecule has 0 amide bonds. The van der Waals surface area contributed by atoms with Crippen LogP contribution in [0.25, 0.3) is 0 Å². The number of rotatable bonds is 1. The molecule has 0 radical (unpaired) electrons. The van der Waals surface area contributed by atoms with Gasteiger partial charge in [0.15, 0.2) is 0 Å². The van der Waals surface area contributed by atoms with Gasteiger partial charge in [-0.25, -0.2) is 4.79 Å². The van der Waals surface area contributed by atoms with E-state index in [-0.39, 0.29) is 16.9 Å². The van der Waals surface area contributed by atoms with Gasteiger partial charge in [-0.15, -0.1) is 0 Å². The first-order valence-electron chi connectivity index (χ1n) is 3.92. The van der Waals surface area contributed by atoms with Crippen LogP contribution in [-0.4, -0.2) is 18.2 Å². The number of methoxy groups -OCH3 is 1. The van der Waals surface area contributed by atoms with Gasteiger partial charge in [0.05, 0.1) is 18.2 Å². The Balaban J connectivity index is 3.30. The number of benzene rings is 1. The molecule has 0 bridgehead atoms. The molecule has 0 spiro atoms. The Labute approximate surface area is 81.4 Å². The second-order valence-corrected chi connectivity index (χ2v) is 2.79. The maximum absolute atomic E-state index is 11.2. The Hall–Kier alpha value is -2.02. The molecule has 0 aliphatic rings. The molecule has 0 aliphatic heterocycles. The van der Waals surface area contributed by atoms with E-state index in [0.717, 1.165) is 0 Å². The van der Waals surface area contributed by atoms with Gasteiger partial charge in [-0.2, -0.15) is 5.26 Å². The highest BCUT2D eigenvalue weighted by atomic mass is 16.5. The van der Waals surface area contributed by atoms with Crippen molar-refractivity contribution in [2.24, 2.45) is 0 Å². The first kappa shape index (κ1) is 10.1. The molecular formula is C10H9NO3. The Bertz CT molecular complexity index is 418. The second kappa shape index (κ2) is 3.79. The lowest BCUT2D eigenvalue weighted by Crippen LogP contribution is -2.03. The number of hydrogen-bond donors (Lipinski definition) is 1. The molecule has 0 aromatic heterocycles. The fraction of sp³-hybridized carbons (Fsp3) is 0.200. The SMILES string of the molecule is COC(=O)c1cc(O)c(C#N)cc1C. The Morgan fingerprint density at radius 1 is 1.57 bits per heavy atom. The van der Waals surface area contributed by atoms with Crippen molar-refractivity contribution in [3.8, 4) is 11.8 Å². The number of aryl methyl sites for hydroxylation is 1. The van der Waals surface area contributed by atoms with Crippen molar-refractivity contribution in [2.45, 2.75) is 6.92 Å². The summed E-state index contributed by atoms with van der Waals surface area (Å²) in [4.78, 5) is 11.2. The zero-order valence-corrected chi connectivity index (χ0v) is 7.87. The smallest absolute Gasteiger partial charge is 0.338 e. The highest BCUT2D eigenvalue weighted by Gasteiger charge is 2.12. The predicted molar refractivity (Wildman–Crippen MR) is 48.9 cm³/mol. The van der Waals surface area contributed by atoms with Gasteiger partial charge < -0.3 is 9.84 Å². The van der Waals surface area contributed by atoms with E-state index >= 15 is 0 Å². The van der Waals surface area contributed by atoms with E-state index < -0.39 is 5.97 Å². The third-order valence-corrected chi connectivity index (χ3v) is 1.87. The second-order valence-electron chi connectivity index (χ2n) is 2.79. The molecule has 0 saturated heterocycles. The van der Waals surface area contributed by atoms with E-state index in [1.807, 2.05) is 6.07 Å². The fourth-order valence-corrected chi connectivity index (χ4v) is 1.12. The first-order chi connectivity index (χ1) is 6.60. The van der Waals surface area contributed by atoms with Crippen molar-refractivity contribution in [3.63, 3.8) is 0 Å². The summed E-state index contributed by atoms with van der Waals surface area (Å²) >= 11 is 0. The van der Waals surface area contributed by atoms with Gasteiger partial charge in [-0.1, -0.05) is 0 Å². The number of carbonyl (C=O) groups excluding carboxylic acids is 1. The lowest BCUT2D eigenvalue weighted by molar-refractivity contribution is 0.0599. The van der Waals surface area contributed by atoms with Crippen LogP contribution in [0.3, 0.4) is 0 Å². The first-order valence-corrected chi connectivity index (χ1v) is 3.92. The fourth-order valence-electron chi connectivity index (χ4n) is 1.12. The largest absolute Gasteiger partial charge is 0.507 e. The van der Waals surface area contributed by atoms with E-state index in [1.165, 1.54) is 19.2 Å². The summed E-state index contributed by atoms with van der Waals surface area (Å²) in [5.41, 5.74) is 1.02. The van der Waals surface area contributed by atoms with Crippen LogP contribution >= 0.6 is 0 Å². The highest BCUT2D eigenvalue weighted by Crippen LogP contribution is 2.21. The van der Waals surface area contributed by atoms with Crippen LogP contribution in [0.1, 0.15) is 21.5 Å². The predicted octanol–water partition coefficient (Wildman–Crippen LogP) is 1.36. The van der Waals surface area contributed by atoms with Gasteiger partial charge >= 0.3 is 5.97 Å². The van der Waals surface area contributed by atoms with Crippen molar-refractivity contribution in [1.82, 2.24) is 0 Å². The van der Waals surface area contributed by atoms with E-state index in [9.17, 15) is 9.90 Å². The van der Waals surface area contributed by atoms with Crippen LogP contribution in [0, 0.1) is 18.3 Å². The Kier molecular flexibility index (Phi) is 2.73. The molecule has 0 fully saturated rings. The topological polar surface area (TPSA) is 70.3 Å². The zero-order chi connectivity index (χ0) is 10.7. The molecule has 0 aliphatic carbocycles. The number of ether oxygens (including phenoxy) is 1. The minimum atomic E-state index is -0.526. The van der Waals surface area contributed by atoms with Gasteiger partial charge in [0, 0.05) is 0 Å². The van der Waals surface area contributed by atoms with Crippen molar-refractivity contribution in [2.75, 3.05) is 7.11 Å². The lowest BCUT2D eigenvalue weighted by Gasteiger charge is -2.05. The van der Waals surface area contributed by atoms with Gasteiger partial charge in [-0.3, -0.25) is 0 Å². The van der Waals surface area contributed by atoms with Gasteiger partial charge in [0.1, 0.15) is 11.8 Å². The van der Waals surface area contributed by atoms with E-state index in [2.05, 4.69) is 4.74 Å². The van der Waals surface area contributed by atoms with Crippen LogP contribution in [0.4, 0.5) is 0 Å². The normalized spacial score (nSPS) is 9.21. The maximum Gasteiger partial charge on any atom is 0.338 e. The van der Waals surface area contributed by atoms with E-state index in [4.69, 9.17) is 5.26 Å². The molecule has 0 atom stereocenters. The standard InChI is InChI=1S/C10H9NO3/c1-6-3-7(5-11)9(12)4-8(6)10(13)14-2/h3-4,12H,1-2H3. The summed E-state index contributed by atoms with van der Waals surface area (Å²) in [5, 5.41) is 17.9. The summed E-state index contributed by atoms with van der Waals surface area (Å²) in [6.45, 7) is 1.67. The number of phenols is 1. The lowest BCUT2D eigenvalue weighted by atomic mass is 10.0. The quantitative estimate of drug-likeness (QED) is 0.680. The number of esters is 1. The molecule has 14 heavy (non-hydrogen) atoms. The molecule has 1 aromatic rings.